The van der Waals surface area contributed by atoms with Crippen LogP contribution in [0.1, 0.15) is 36.0 Å². The van der Waals surface area contributed by atoms with Crippen LogP contribution >= 0.6 is 12.4 Å². The van der Waals surface area contributed by atoms with Crippen molar-refractivity contribution in [3.63, 3.8) is 0 Å². The summed E-state index contributed by atoms with van der Waals surface area (Å²) in [7, 11) is -2.25. The molecule has 9 heteroatoms. The summed E-state index contributed by atoms with van der Waals surface area (Å²) in [6.45, 7) is 1.38. The minimum Gasteiger partial charge on any atom is -0.495 e. The van der Waals surface area contributed by atoms with Gasteiger partial charge in [0.2, 0.25) is 10.0 Å². The number of carbonyl (C=O) groups is 1. The van der Waals surface area contributed by atoms with Crippen molar-refractivity contribution in [2.75, 3.05) is 26.7 Å². The number of rotatable bonds is 7. The lowest BCUT2D eigenvalue weighted by molar-refractivity contribution is 0.0933. The van der Waals surface area contributed by atoms with Crippen molar-refractivity contribution < 1.29 is 17.9 Å². The first-order chi connectivity index (χ1) is 12.0. The number of hydrogen-bond acceptors (Lipinski definition) is 5. The molecule has 1 saturated heterocycles. The Labute approximate surface area is 160 Å². The van der Waals surface area contributed by atoms with Crippen molar-refractivity contribution in [1.29, 1.82) is 0 Å². The predicted molar refractivity (Wildman–Crippen MR) is 101 cm³/mol. The molecule has 1 aromatic rings. The van der Waals surface area contributed by atoms with E-state index in [2.05, 4.69) is 5.32 Å². The van der Waals surface area contributed by atoms with Gasteiger partial charge in [-0.25, -0.2) is 8.42 Å². The molecule has 0 spiro atoms. The van der Waals surface area contributed by atoms with Gasteiger partial charge in [-0.1, -0.05) is 0 Å². The molecule has 2 aliphatic rings. The number of amides is 1. The zero-order chi connectivity index (χ0) is 18.0. The molecule has 0 radical (unpaired) electrons. The average Bonchev–Trinajstić information content (AvgIpc) is 3.30. The highest BCUT2D eigenvalue weighted by molar-refractivity contribution is 7.89. The van der Waals surface area contributed by atoms with Crippen molar-refractivity contribution in [1.82, 2.24) is 9.62 Å². The molecule has 1 heterocycles. The lowest BCUT2D eigenvalue weighted by Crippen LogP contribution is -2.41. The molecule has 1 amide bonds. The van der Waals surface area contributed by atoms with Gasteiger partial charge in [0.25, 0.3) is 5.91 Å². The summed E-state index contributed by atoms with van der Waals surface area (Å²) in [5.74, 6) is 0.379. The maximum absolute atomic E-state index is 12.9. The van der Waals surface area contributed by atoms with Crippen molar-refractivity contribution in [3.8, 4) is 5.75 Å². The van der Waals surface area contributed by atoms with Gasteiger partial charge in [0, 0.05) is 31.2 Å². The van der Waals surface area contributed by atoms with E-state index in [1.807, 2.05) is 0 Å². The monoisotopic (exact) mass is 403 g/mol. The number of benzene rings is 1. The molecule has 3 rings (SSSR count). The number of halogens is 1. The predicted octanol–water partition coefficient (Wildman–Crippen LogP) is 1.37. The smallest absolute Gasteiger partial charge is 0.251 e. The third-order valence-corrected chi connectivity index (χ3v) is 6.79. The topological polar surface area (TPSA) is 102 Å². The van der Waals surface area contributed by atoms with E-state index >= 15 is 0 Å². The zero-order valence-corrected chi connectivity index (χ0v) is 16.4. The number of nitrogens with zero attached hydrogens (tertiary/aromatic N) is 1. The molecular formula is C17H26ClN3O4S. The van der Waals surface area contributed by atoms with E-state index in [-0.39, 0.29) is 35.0 Å². The molecule has 1 atom stereocenters. The highest BCUT2D eigenvalue weighted by Gasteiger charge is 2.33. The van der Waals surface area contributed by atoms with Crippen LogP contribution in [0.25, 0.3) is 0 Å². The Kier molecular flexibility index (Phi) is 6.90. The van der Waals surface area contributed by atoms with Crippen LogP contribution in [-0.2, 0) is 10.0 Å². The lowest BCUT2D eigenvalue weighted by atomic mass is 10.1. The van der Waals surface area contributed by atoms with E-state index in [9.17, 15) is 13.2 Å². The molecule has 146 valence electrons. The van der Waals surface area contributed by atoms with E-state index in [0.717, 1.165) is 25.7 Å². The Hall–Kier alpha value is -1.35. The van der Waals surface area contributed by atoms with Crippen LogP contribution < -0.4 is 15.8 Å². The third-order valence-electron chi connectivity index (χ3n) is 4.87. The molecule has 1 aliphatic heterocycles. The fourth-order valence-electron chi connectivity index (χ4n) is 3.21. The van der Waals surface area contributed by atoms with Gasteiger partial charge in [0.05, 0.1) is 7.11 Å². The minimum absolute atomic E-state index is 0. The third kappa shape index (κ3) is 4.31. The number of sulfonamides is 1. The number of methoxy groups -OCH3 is 1. The van der Waals surface area contributed by atoms with Crippen LogP contribution in [-0.4, -0.2) is 51.4 Å². The maximum Gasteiger partial charge on any atom is 0.251 e. The molecule has 0 aromatic heterocycles. The molecule has 26 heavy (non-hydrogen) atoms. The van der Waals surface area contributed by atoms with Crippen molar-refractivity contribution >= 4 is 28.3 Å². The quantitative estimate of drug-likeness (QED) is 0.715. The molecule has 1 saturated carbocycles. The fraction of sp³-hybridized carbons (Fsp3) is 0.588. The van der Waals surface area contributed by atoms with E-state index in [1.54, 1.807) is 6.07 Å². The second kappa shape index (κ2) is 8.56. The number of hydrogen-bond donors (Lipinski definition) is 2. The molecule has 1 unspecified atom stereocenters. The van der Waals surface area contributed by atoms with Gasteiger partial charge < -0.3 is 15.8 Å². The van der Waals surface area contributed by atoms with Gasteiger partial charge >= 0.3 is 0 Å². The summed E-state index contributed by atoms with van der Waals surface area (Å²) in [5.41, 5.74) is 6.03. The van der Waals surface area contributed by atoms with Crippen molar-refractivity contribution in [2.45, 2.75) is 36.6 Å². The van der Waals surface area contributed by atoms with Crippen molar-refractivity contribution in [3.05, 3.63) is 23.8 Å². The molecule has 3 N–H and O–H groups in total. The standard InChI is InChI=1S/C17H25N3O4S.ClH/c1-24-15-7-6-13(17(21)19-14(11-18)12-4-5-12)10-16(15)25(22,23)20-8-2-3-9-20;/h6-7,10,12,14H,2-5,8-9,11,18H2,1H3,(H,19,21);1H. The molecule has 1 aromatic carbocycles. The number of carbonyl (C=O) groups excluding carboxylic acids is 1. The van der Waals surface area contributed by atoms with Gasteiger partial charge in [0.1, 0.15) is 10.6 Å². The maximum atomic E-state index is 12.9. The normalized spacial score (nSPS) is 18.8. The first kappa shape index (κ1) is 21.0. The summed E-state index contributed by atoms with van der Waals surface area (Å²) < 4.78 is 32.4. The van der Waals surface area contributed by atoms with E-state index in [1.165, 1.54) is 23.5 Å². The second-order valence-corrected chi connectivity index (χ2v) is 8.54. The minimum atomic E-state index is -3.67. The van der Waals surface area contributed by atoms with Gasteiger partial charge in [-0.05, 0) is 49.8 Å². The van der Waals surface area contributed by atoms with E-state index in [0.29, 0.717) is 31.1 Å². The Bertz CT molecular complexity index is 746. The number of ether oxygens (including phenoxy) is 1. The Morgan fingerprint density at radius 3 is 2.54 bits per heavy atom. The first-order valence-corrected chi connectivity index (χ1v) is 10.1. The summed E-state index contributed by atoms with van der Waals surface area (Å²) >= 11 is 0. The van der Waals surface area contributed by atoms with E-state index < -0.39 is 10.0 Å². The Balaban J connectivity index is 0.00000243. The second-order valence-electron chi connectivity index (χ2n) is 6.63. The highest BCUT2D eigenvalue weighted by Crippen LogP contribution is 2.33. The van der Waals surface area contributed by atoms with Gasteiger partial charge in [-0.3, -0.25) is 4.79 Å². The highest BCUT2D eigenvalue weighted by atomic mass is 35.5. The lowest BCUT2D eigenvalue weighted by Gasteiger charge is -2.19. The summed E-state index contributed by atoms with van der Waals surface area (Å²) in [6.07, 6.45) is 3.83. The van der Waals surface area contributed by atoms with Crippen LogP contribution in [0.15, 0.2) is 23.1 Å². The molecule has 7 nitrogen and oxygen atoms in total. The van der Waals surface area contributed by atoms with Crippen LogP contribution in [0.2, 0.25) is 0 Å². The van der Waals surface area contributed by atoms with Gasteiger partial charge in [-0.15, -0.1) is 12.4 Å². The Morgan fingerprint density at radius 1 is 1.35 bits per heavy atom. The number of nitrogens with two attached hydrogens (primary N) is 1. The summed E-state index contributed by atoms with van der Waals surface area (Å²) in [5, 5.41) is 2.92. The summed E-state index contributed by atoms with van der Waals surface area (Å²) in [4.78, 5) is 12.6. The zero-order valence-electron chi connectivity index (χ0n) is 14.8. The fourth-order valence-corrected chi connectivity index (χ4v) is 4.91. The molecule has 0 bridgehead atoms. The number of nitrogens with one attached hydrogen (secondary N) is 1. The molecule has 1 aliphatic carbocycles. The van der Waals surface area contributed by atoms with Gasteiger partial charge in [-0.2, -0.15) is 4.31 Å². The largest absolute Gasteiger partial charge is 0.495 e. The average molecular weight is 404 g/mol. The molecule has 2 fully saturated rings. The summed E-state index contributed by atoms with van der Waals surface area (Å²) in [6, 6.07) is 4.46. The van der Waals surface area contributed by atoms with Gasteiger partial charge in [0.15, 0.2) is 0 Å². The first-order valence-electron chi connectivity index (χ1n) is 8.66. The SMILES string of the molecule is COc1ccc(C(=O)NC(CN)C2CC2)cc1S(=O)(=O)N1CCCC1.Cl. The Morgan fingerprint density at radius 2 is 2.00 bits per heavy atom. The van der Waals surface area contributed by atoms with E-state index in [4.69, 9.17) is 10.5 Å². The van der Waals surface area contributed by atoms with Crippen LogP contribution in [0.5, 0.6) is 5.75 Å². The van der Waals surface area contributed by atoms with Crippen LogP contribution in [0.4, 0.5) is 0 Å². The van der Waals surface area contributed by atoms with Crippen LogP contribution in [0, 0.1) is 5.92 Å². The molecular weight excluding hydrogens is 378 g/mol. The van der Waals surface area contributed by atoms with Crippen molar-refractivity contribution in [2.24, 2.45) is 11.7 Å². The van der Waals surface area contributed by atoms with Crippen LogP contribution in [0.3, 0.4) is 0 Å².